The van der Waals surface area contributed by atoms with Crippen LogP contribution in [-0.4, -0.2) is 28.6 Å². The molecule has 72 heavy (non-hydrogen) atoms. The number of carboxylic acid groups (broad SMARTS) is 1. The summed E-state index contributed by atoms with van der Waals surface area (Å²) >= 11 is 7.20. The summed E-state index contributed by atoms with van der Waals surface area (Å²) in [5, 5.41) is 12.5. The predicted molar refractivity (Wildman–Crippen MR) is 315 cm³/mol. The summed E-state index contributed by atoms with van der Waals surface area (Å²) in [5.41, 5.74) is 9.34. The maximum atomic E-state index is 12.2. The number of carboxylic acids is 1. The topological polar surface area (TPSA) is 96.6 Å². The minimum Gasteiger partial charge on any atom is -0.477 e. The van der Waals surface area contributed by atoms with Crippen LogP contribution in [0.15, 0.2) is 71.6 Å². The summed E-state index contributed by atoms with van der Waals surface area (Å²) < 4.78 is 36.8. The van der Waals surface area contributed by atoms with E-state index in [0.29, 0.717) is 4.88 Å². The molecular formula is C61H79NO5S5. The SMILES string of the molecule is CCCCCCc1cc(-c2sc(-c3sc(-c4sc(/C=C(/C(=O)O)S(=O)(=O)O)cc4CCCCCC)cc3CCCCCC)cc2CCCCCC)sc1-c1ccc2c(c1)c1ccccc1n2CCCCCC. The van der Waals surface area contributed by atoms with Crippen LogP contribution in [0.4, 0.5) is 0 Å². The highest BCUT2D eigenvalue weighted by molar-refractivity contribution is 7.91. The molecule has 7 rings (SSSR count). The highest BCUT2D eigenvalue weighted by atomic mass is 32.2. The van der Waals surface area contributed by atoms with Gasteiger partial charge in [0.05, 0.1) is 0 Å². The van der Waals surface area contributed by atoms with Gasteiger partial charge in [-0.3, -0.25) is 4.55 Å². The average molecular weight is 1070 g/mol. The average Bonchev–Trinajstić information content (AvgIpc) is 4.21. The largest absolute Gasteiger partial charge is 0.477 e. The molecule has 0 spiro atoms. The predicted octanol–water partition coefficient (Wildman–Crippen LogP) is 20.1. The van der Waals surface area contributed by atoms with Gasteiger partial charge in [-0.25, -0.2) is 4.79 Å². The molecule has 0 fully saturated rings. The second-order valence-corrected chi connectivity index (χ2v) is 25.5. The van der Waals surface area contributed by atoms with Gasteiger partial charge in [0.25, 0.3) is 0 Å². The summed E-state index contributed by atoms with van der Waals surface area (Å²) in [6.07, 6.45) is 28.7. The zero-order valence-electron chi connectivity index (χ0n) is 43.7. The molecule has 5 heterocycles. The molecule has 0 atom stereocenters. The van der Waals surface area contributed by atoms with Gasteiger partial charge in [-0.1, -0.05) is 155 Å². The van der Waals surface area contributed by atoms with Gasteiger partial charge in [-0.15, -0.1) is 45.3 Å². The molecule has 0 amide bonds. The van der Waals surface area contributed by atoms with Crippen LogP contribution in [-0.2, 0) is 47.1 Å². The number of hydrogen-bond acceptors (Lipinski definition) is 7. The Hall–Kier alpha value is -3.84. The van der Waals surface area contributed by atoms with E-state index in [1.807, 2.05) is 40.1 Å². The van der Waals surface area contributed by atoms with Gasteiger partial charge in [0.1, 0.15) is 0 Å². The van der Waals surface area contributed by atoms with Gasteiger partial charge in [-0.05, 0) is 134 Å². The highest BCUT2D eigenvalue weighted by Gasteiger charge is 2.26. The third-order valence-corrected chi connectivity index (χ3v) is 20.3. The van der Waals surface area contributed by atoms with Crippen LogP contribution in [0, 0.1) is 0 Å². The monoisotopic (exact) mass is 1070 g/mol. The minimum atomic E-state index is -4.92. The number of nitrogens with zero attached hydrogens (tertiary/aromatic N) is 1. The van der Waals surface area contributed by atoms with Crippen molar-refractivity contribution in [3.05, 3.63) is 98.8 Å². The van der Waals surface area contributed by atoms with Crippen LogP contribution in [0.2, 0.25) is 0 Å². The van der Waals surface area contributed by atoms with Crippen molar-refractivity contribution in [2.24, 2.45) is 0 Å². The van der Waals surface area contributed by atoms with E-state index >= 15 is 0 Å². The summed E-state index contributed by atoms with van der Waals surface area (Å²) in [6, 6.07) is 25.6. The number of para-hydroxylation sites is 1. The lowest BCUT2D eigenvalue weighted by molar-refractivity contribution is -0.131. The normalized spacial score (nSPS) is 12.3. The number of aliphatic carboxylic acids is 1. The van der Waals surface area contributed by atoms with Crippen molar-refractivity contribution in [2.75, 3.05) is 0 Å². The van der Waals surface area contributed by atoms with Crippen molar-refractivity contribution in [2.45, 2.75) is 195 Å². The number of hydrogen-bond donors (Lipinski definition) is 2. The van der Waals surface area contributed by atoms with E-state index in [9.17, 15) is 22.9 Å². The fourth-order valence-corrected chi connectivity index (χ4v) is 16.0. The van der Waals surface area contributed by atoms with E-state index < -0.39 is 21.0 Å². The quantitative estimate of drug-likeness (QED) is 0.0249. The standard InChI is InChI=1S/C61H79NO5S5/c1-6-11-16-21-28-43-37-48(42-56(61(63)64)72(65,66)67)68-58(43)53-40-45(30-23-18-13-8-3)60(70-53)55-41-46(31-24-19-14-9-4)59(71-55)54-39-44(29-22-17-12-7-2)57(69-54)47-34-35-52-50(38-47)49-32-25-26-33-51(49)62(52)36-27-20-15-10-5/h25-26,32-35,37-42H,6-24,27-31,36H2,1-5H3,(H,63,64)(H,65,66,67)/b56-42-. The molecule has 0 unspecified atom stereocenters. The molecule has 388 valence electrons. The number of benzene rings is 2. The number of thiophene rings is 4. The van der Waals surface area contributed by atoms with Crippen molar-refractivity contribution < 1.29 is 22.9 Å². The van der Waals surface area contributed by atoms with E-state index in [-0.39, 0.29) is 0 Å². The molecule has 7 aromatic rings. The smallest absolute Gasteiger partial charge is 0.349 e. The first-order valence-corrected chi connectivity index (χ1v) is 32.2. The maximum Gasteiger partial charge on any atom is 0.349 e. The van der Waals surface area contributed by atoms with Gasteiger partial charge in [0.2, 0.25) is 0 Å². The molecule has 0 aliphatic rings. The third kappa shape index (κ3) is 14.3. The van der Waals surface area contributed by atoms with Crippen molar-refractivity contribution >= 4 is 89.3 Å². The summed E-state index contributed by atoms with van der Waals surface area (Å²) in [4.78, 5) is 20.5. The molecule has 0 saturated carbocycles. The van der Waals surface area contributed by atoms with Crippen LogP contribution >= 0.6 is 45.3 Å². The van der Waals surface area contributed by atoms with Gasteiger partial charge >= 0.3 is 16.1 Å². The molecular weight excluding hydrogens is 987 g/mol. The van der Waals surface area contributed by atoms with E-state index in [0.717, 1.165) is 92.1 Å². The Morgan fingerprint density at radius 3 is 1.42 bits per heavy atom. The first kappa shape index (κ1) is 55.9. The molecule has 2 N–H and O–H groups in total. The summed E-state index contributed by atoms with van der Waals surface area (Å²) in [7, 11) is -4.92. The number of carbonyl (C=O) groups is 1. The van der Waals surface area contributed by atoms with Crippen molar-refractivity contribution in [3.8, 4) is 39.7 Å². The molecule has 0 radical (unpaired) electrons. The van der Waals surface area contributed by atoms with Crippen LogP contribution in [0.3, 0.4) is 0 Å². The molecule has 6 nitrogen and oxygen atoms in total. The van der Waals surface area contributed by atoms with E-state index in [1.165, 1.54) is 170 Å². The number of fused-ring (bicyclic) bond motifs is 3. The lowest BCUT2D eigenvalue weighted by atomic mass is 10.0. The Kier molecular flexibility index (Phi) is 21.4. The molecule has 2 aromatic carbocycles. The third-order valence-electron chi connectivity index (χ3n) is 14.2. The molecule has 11 heteroatoms. The van der Waals surface area contributed by atoms with Crippen molar-refractivity contribution in [3.63, 3.8) is 0 Å². The van der Waals surface area contributed by atoms with Crippen LogP contribution < -0.4 is 0 Å². The fourth-order valence-electron chi connectivity index (χ4n) is 10.2. The Morgan fingerprint density at radius 2 is 0.931 bits per heavy atom. The zero-order valence-corrected chi connectivity index (χ0v) is 47.8. The van der Waals surface area contributed by atoms with Gasteiger partial charge in [-0.2, -0.15) is 8.42 Å². The number of rotatable bonds is 32. The second kappa shape index (κ2) is 27.6. The highest BCUT2D eigenvalue weighted by Crippen LogP contribution is 2.50. The maximum absolute atomic E-state index is 12.2. The number of aromatic nitrogens is 1. The Labute approximate surface area is 447 Å². The van der Waals surface area contributed by atoms with E-state index in [1.54, 1.807) is 0 Å². The molecule has 0 aliphatic heterocycles. The summed E-state index contributed by atoms with van der Waals surface area (Å²) in [6.45, 7) is 12.4. The first-order chi connectivity index (χ1) is 35.0. The van der Waals surface area contributed by atoms with Crippen LogP contribution in [0.5, 0.6) is 0 Å². The molecule has 0 bridgehead atoms. The van der Waals surface area contributed by atoms with Crippen LogP contribution in [0.25, 0.3) is 67.6 Å². The summed E-state index contributed by atoms with van der Waals surface area (Å²) in [5.74, 6) is -1.66. The lowest BCUT2D eigenvalue weighted by Crippen LogP contribution is -2.11. The van der Waals surface area contributed by atoms with Gasteiger partial charge in [0, 0.05) is 67.4 Å². The Bertz CT molecular complexity index is 2990. The molecule has 0 saturated heterocycles. The zero-order chi connectivity index (χ0) is 51.0. The van der Waals surface area contributed by atoms with Crippen molar-refractivity contribution in [1.82, 2.24) is 4.57 Å². The fraction of sp³-hybridized carbons (Fsp3) is 0.492. The van der Waals surface area contributed by atoms with Crippen molar-refractivity contribution in [1.29, 1.82) is 0 Å². The lowest BCUT2D eigenvalue weighted by Gasteiger charge is -2.08. The number of aryl methyl sites for hydroxylation is 5. The minimum absolute atomic E-state index is 0.518. The van der Waals surface area contributed by atoms with Crippen LogP contribution in [0.1, 0.15) is 190 Å². The second-order valence-electron chi connectivity index (χ2n) is 19.9. The van der Waals surface area contributed by atoms with Gasteiger partial charge in [0.15, 0.2) is 4.91 Å². The molecule has 0 aliphatic carbocycles. The van der Waals surface area contributed by atoms with Gasteiger partial charge < -0.3 is 9.67 Å². The van der Waals surface area contributed by atoms with E-state index in [4.69, 9.17) is 0 Å². The number of unbranched alkanes of at least 4 members (excludes halogenated alkanes) is 15. The van der Waals surface area contributed by atoms with E-state index in [2.05, 4.69) is 99.8 Å². The Morgan fingerprint density at radius 1 is 0.500 bits per heavy atom. The Balaban J connectivity index is 1.34. The first-order valence-electron chi connectivity index (χ1n) is 27.4. The molecule has 5 aromatic heterocycles.